The van der Waals surface area contributed by atoms with E-state index in [0.717, 1.165) is 18.0 Å². The van der Waals surface area contributed by atoms with Gasteiger partial charge in [-0.15, -0.1) is 11.3 Å². The van der Waals surface area contributed by atoms with Gasteiger partial charge in [-0.2, -0.15) is 0 Å². The predicted octanol–water partition coefficient (Wildman–Crippen LogP) is 3.02. The highest BCUT2D eigenvalue weighted by Crippen LogP contribution is 2.23. The lowest BCUT2D eigenvalue weighted by molar-refractivity contribution is 0.269. The first kappa shape index (κ1) is 12.7. The Bertz CT molecular complexity index is 299. The minimum Gasteiger partial charge on any atom is -0.313 e. The maximum Gasteiger partial charge on any atom is 0.0897 e. The van der Waals surface area contributed by atoms with Gasteiger partial charge in [0, 0.05) is 17.8 Å². The monoisotopic (exact) mass is 226 g/mol. The summed E-state index contributed by atoms with van der Waals surface area (Å²) in [6.07, 6.45) is 1.03. The van der Waals surface area contributed by atoms with Crippen molar-refractivity contribution in [2.45, 2.75) is 47.1 Å². The second-order valence-corrected chi connectivity index (χ2v) is 6.10. The molecule has 0 aliphatic heterocycles. The van der Waals surface area contributed by atoms with Crippen LogP contribution in [0.15, 0.2) is 5.38 Å². The number of aromatic nitrogens is 1. The second kappa shape index (κ2) is 5.08. The molecule has 0 aliphatic carbocycles. The summed E-state index contributed by atoms with van der Waals surface area (Å²) < 4.78 is 0. The van der Waals surface area contributed by atoms with Gasteiger partial charge in [0.1, 0.15) is 0 Å². The van der Waals surface area contributed by atoms with Crippen molar-refractivity contribution in [3.05, 3.63) is 16.1 Å². The molecule has 3 heteroatoms. The molecule has 15 heavy (non-hydrogen) atoms. The molecule has 0 saturated carbocycles. The summed E-state index contributed by atoms with van der Waals surface area (Å²) in [6, 6.07) is 0.504. The molecule has 0 aliphatic rings. The lowest BCUT2D eigenvalue weighted by Crippen LogP contribution is -2.41. The number of likely N-dealkylation sites (N-methyl/N-ethyl adjacent to an activating group) is 1. The lowest BCUT2D eigenvalue weighted by atomic mass is 9.84. The average molecular weight is 226 g/mol. The van der Waals surface area contributed by atoms with Gasteiger partial charge in [-0.1, -0.05) is 27.7 Å². The minimum atomic E-state index is 0.285. The van der Waals surface area contributed by atoms with Gasteiger partial charge in [-0.3, -0.25) is 0 Å². The molecule has 1 aromatic rings. The van der Waals surface area contributed by atoms with Crippen molar-refractivity contribution in [3.63, 3.8) is 0 Å². The van der Waals surface area contributed by atoms with Crippen molar-refractivity contribution >= 4 is 11.3 Å². The molecule has 2 nitrogen and oxygen atoms in total. The highest BCUT2D eigenvalue weighted by molar-refractivity contribution is 7.09. The van der Waals surface area contributed by atoms with Crippen LogP contribution in [0.2, 0.25) is 0 Å². The van der Waals surface area contributed by atoms with Crippen LogP contribution in [0.25, 0.3) is 0 Å². The van der Waals surface area contributed by atoms with E-state index in [4.69, 9.17) is 0 Å². The number of nitrogens with zero attached hydrogens (tertiary/aromatic N) is 1. The predicted molar refractivity (Wildman–Crippen MR) is 67.5 cm³/mol. The van der Waals surface area contributed by atoms with Gasteiger partial charge in [-0.05, 0) is 18.9 Å². The highest BCUT2D eigenvalue weighted by atomic mass is 32.1. The minimum absolute atomic E-state index is 0.285. The Morgan fingerprint density at radius 2 is 2.13 bits per heavy atom. The Hall–Kier alpha value is -0.410. The zero-order valence-corrected chi connectivity index (χ0v) is 11.2. The summed E-state index contributed by atoms with van der Waals surface area (Å²) in [4.78, 5) is 4.52. The Morgan fingerprint density at radius 3 is 2.53 bits per heavy atom. The first-order chi connectivity index (χ1) is 6.93. The van der Waals surface area contributed by atoms with Crippen molar-refractivity contribution in [1.82, 2.24) is 10.3 Å². The summed E-state index contributed by atoms with van der Waals surface area (Å²) >= 11 is 1.74. The SMILES string of the molecule is CCNC(Cc1csc(C)n1)C(C)(C)C. The Labute approximate surface area is 97.1 Å². The molecule has 0 aromatic carbocycles. The zero-order valence-electron chi connectivity index (χ0n) is 10.4. The van der Waals surface area contributed by atoms with E-state index < -0.39 is 0 Å². The van der Waals surface area contributed by atoms with Crippen LogP contribution in [-0.2, 0) is 6.42 Å². The molecule has 1 heterocycles. The number of nitrogens with one attached hydrogen (secondary N) is 1. The molecule has 0 fully saturated rings. The Kier molecular flexibility index (Phi) is 4.29. The van der Waals surface area contributed by atoms with Crippen LogP contribution in [0.4, 0.5) is 0 Å². The fraction of sp³-hybridized carbons (Fsp3) is 0.750. The maximum atomic E-state index is 4.52. The molecule has 1 N–H and O–H groups in total. The van der Waals surface area contributed by atoms with E-state index in [2.05, 4.69) is 50.3 Å². The van der Waals surface area contributed by atoms with Crippen LogP contribution in [0.1, 0.15) is 38.4 Å². The molecule has 0 saturated heterocycles. The van der Waals surface area contributed by atoms with Crippen molar-refractivity contribution in [2.75, 3.05) is 6.54 Å². The van der Waals surface area contributed by atoms with Crippen molar-refractivity contribution < 1.29 is 0 Å². The van der Waals surface area contributed by atoms with E-state index >= 15 is 0 Å². The molecule has 1 rings (SSSR count). The van der Waals surface area contributed by atoms with E-state index in [1.165, 1.54) is 5.69 Å². The van der Waals surface area contributed by atoms with Gasteiger partial charge in [0.15, 0.2) is 0 Å². The van der Waals surface area contributed by atoms with E-state index in [0.29, 0.717) is 6.04 Å². The molecule has 86 valence electrons. The highest BCUT2D eigenvalue weighted by Gasteiger charge is 2.24. The third kappa shape index (κ3) is 3.92. The summed E-state index contributed by atoms with van der Waals surface area (Å²) in [5, 5.41) is 6.88. The van der Waals surface area contributed by atoms with E-state index in [9.17, 15) is 0 Å². The molecule has 1 atom stereocenters. The smallest absolute Gasteiger partial charge is 0.0897 e. The number of hydrogen-bond donors (Lipinski definition) is 1. The number of rotatable bonds is 4. The molecule has 1 unspecified atom stereocenters. The van der Waals surface area contributed by atoms with Gasteiger partial charge in [-0.25, -0.2) is 4.98 Å². The number of thiazole rings is 1. The van der Waals surface area contributed by atoms with Crippen molar-refractivity contribution in [2.24, 2.45) is 5.41 Å². The van der Waals surface area contributed by atoms with E-state index in [-0.39, 0.29) is 5.41 Å². The molecule has 0 spiro atoms. The third-order valence-corrected chi connectivity index (χ3v) is 3.40. The van der Waals surface area contributed by atoms with Crippen LogP contribution in [0.5, 0.6) is 0 Å². The van der Waals surface area contributed by atoms with Crippen molar-refractivity contribution in [3.8, 4) is 0 Å². The maximum absolute atomic E-state index is 4.52. The normalized spacial score (nSPS) is 14.2. The fourth-order valence-electron chi connectivity index (χ4n) is 1.64. The van der Waals surface area contributed by atoms with Crippen molar-refractivity contribution in [1.29, 1.82) is 0 Å². The largest absolute Gasteiger partial charge is 0.313 e. The number of hydrogen-bond acceptors (Lipinski definition) is 3. The summed E-state index contributed by atoms with van der Waals surface area (Å²) in [7, 11) is 0. The third-order valence-electron chi connectivity index (χ3n) is 2.58. The first-order valence-corrected chi connectivity index (χ1v) is 6.46. The van der Waals surface area contributed by atoms with Gasteiger partial charge < -0.3 is 5.32 Å². The standard InChI is InChI=1S/C12H22N2S/c1-6-13-11(12(3,4)5)7-10-8-15-9(2)14-10/h8,11,13H,6-7H2,1-5H3. The summed E-state index contributed by atoms with van der Waals surface area (Å²) in [5.41, 5.74) is 1.51. The number of aryl methyl sites for hydroxylation is 1. The van der Waals surface area contributed by atoms with E-state index in [1.54, 1.807) is 11.3 Å². The zero-order chi connectivity index (χ0) is 11.5. The Morgan fingerprint density at radius 1 is 1.47 bits per heavy atom. The van der Waals surface area contributed by atoms with Gasteiger partial charge in [0.2, 0.25) is 0 Å². The van der Waals surface area contributed by atoms with Crippen LogP contribution in [-0.4, -0.2) is 17.6 Å². The molecular formula is C12H22N2S. The average Bonchev–Trinajstić information content (AvgIpc) is 2.49. The molecule has 0 radical (unpaired) electrons. The Balaban J connectivity index is 2.66. The molecule has 0 bridgehead atoms. The molecular weight excluding hydrogens is 204 g/mol. The quantitative estimate of drug-likeness (QED) is 0.853. The molecule has 1 aromatic heterocycles. The summed E-state index contributed by atoms with van der Waals surface area (Å²) in [5.74, 6) is 0. The second-order valence-electron chi connectivity index (χ2n) is 5.04. The molecule has 0 amide bonds. The topological polar surface area (TPSA) is 24.9 Å². The van der Waals surface area contributed by atoms with Gasteiger partial charge >= 0.3 is 0 Å². The lowest BCUT2D eigenvalue weighted by Gasteiger charge is -2.31. The van der Waals surface area contributed by atoms with Gasteiger partial charge in [0.05, 0.1) is 10.7 Å². The van der Waals surface area contributed by atoms with Crippen LogP contribution in [0, 0.1) is 12.3 Å². The summed E-state index contributed by atoms with van der Waals surface area (Å²) in [6.45, 7) is 12.1. The fourth-order valence-corrected chi connectivity index (χ4v) is 2.27. The van der Waals surface area contributed by atoms with E-state index in [1.807, 2.05) is 0 Å². The van der Waals surface area contributed by atoms with Crippen LogP contribution >= 0.6 is 11.3 Å². The van der Waals surface area contributed by atoms with Crippen LogP contribution < -0.4 is 5.32 Å². The van der Waals surface area contributed by atoms with Crippen LogP contribution in [0.3, 0.4) is 0 Å². The first-order valence-electron chi connectivity index (χ1n) is 5.58. The van der Waals surface area contributed by atoms with Gasteiger partial charge in [0.25, 0.3) is 0 Å².